The molecule has 0 saturated carbocycles. The smallest absolute Gasteiger partial charge is 0.259 e. The zero-order chi connectivity index (χ0) is 19.7. The van der Waals surface area contributed by atoms with Gasteiger partial charge in [0.25, 0.3) is 5.91 Å². The number of carbonyl (C=O) groups is 1. The molecule has 4 aromatic rings. The maximum absolute atomic E-state index is 12.8. The van der Waals surface area contributed by atoms with Crippen molar-refractivity contribution in [3.8, 4) is 10.6 Å². The first-order valence-electron chi connectivity index (χ1n) is 8.62. The predicted molar refractivity (Wildman–Crippen MR) is 116 cm³/mol. The van der Waals surface area contributed by atoms with Gasteiger partial charge in [0.1, 0.15) is 0 Å². The number of nitrogens with zero attached hydrogens (tertiary/aromatic N) is 3. The SMILES string of the molecule is Cc1cc(C(=O)Nc2nnc(-c3ccccc3Cl)s2)c(C)n1Cc1cccs1. The lowest BCUT2D eigenvalue weighted by atomic mass is 10.2. The maximum Gasteiger partial charge on any atom is 0.259 e. The van der Waals surface area contributed by atoms with Gasteiger partial charge in [-0.25, -0.2) is 0 Å². The Balaban J connectivity index is 1.54. The summed E-state index contributed by atoms with van der Waals surface area (Å²) in [6.45, 7) is 4.74. The Kier molecular flexibility index (Phi) is 5.30. The molecule has 1 amide bonds. The Morgan fingerprint density at radius 2 is 2.00 bits per heavy atom. The van der Waals surface area contributed by atoms with E-state index in [4.69, 9.17) is 11.6 Å². The van der Waals surface area contributed by atoms with Crippen molar-refractivity contribution in [3.63, 3.8) is 0 Å². The van der Waals surface area contributed by atoms with Crippen LogP contribution in [0.4, 0.5) is 5.13 Å². The number of aromatic nitrogens is 3. The van der Waals surface area contributed by atoms with Crippen molar-refractivity contribution in [2.45, 2.75) is 20.4 Å². The van der Waals surface area contributed by atoms with Gasteiger partial charge in [0.15, 0.2) is 5.01 Å². The van der Waals surface area contributed by atoms with E-state index in [0.29, 0.717) is 20.7 Å². The van der Waals surface area contributed by atoms with Gasteiger partial charge in [0.05, 0.1) is 17.1 Å². The van der Waals surface area contributed by atoms with Gasteiger partial charge in [-0.1, -0.05) is 47.2 Å². The molecule has 3 aromatic heterocycles. The van der Waals surface area contributed by atoms with Crippen LogP contribution in [-0.4, -0.2) is 20.7 Å². The van der Waals surface area contributed by atoms with E-state index < -0.39 is 0 Å². The lowest BCUT2D eigenvalue weighted by molar-refractivity contribution is 0.102. The minimum atomic E-state index is -0.188. The Morgan fingerprint density at radius 1 is 1.18 bits per heavy atom. The number of nitrogens with one attached hydrogen (secondary N) is 1. The van der Waals surface area contributed by atoms with Crippen LogP contribution in [0.1, 0.15) is 26.6 Å². The highest BCUT2D eigenvalue weighted by atomic mass is 35.5. The number of hydrogen-bond donors (Lipinski definition) is 1. The Morgan fingerprint density at radius 3 is 2.75 bits per heavy atom. The lowest BCUT2D eigenvalue weighted by Crippen LogP contribution is -2.13. The highest BCUT2D eigenvalue weighted by Gasteiger charge is 2.18. The number of aryl methyl sites for hydroxylation is 1. The van der Waals surface area contributed by atoms with Crippen LogP contribution in [0.3, 0.4) is 0 Å². The van der Waals surface area contributed by atoms with Gasteiger partial charge >= 0.3 is 0 Å². The van der Waals surface area contributed by atoms with E-state index in [1.54, 1.807) is 17.4 Å². The molecule has 0 saturated heterocycles. The van der Waals surface area contributed by atoms with Gasteiger partial charge in [-0.15, -0.1) is 21.5 Å². The summed E-state index contributed by atoms with van der Waals surface area (Å²) in [5, 5.41) is 14.9. The van der Waals surface area contributed by atoms with Crippen molar-refractivity contribution in [1.29, 1.82) is 0 Å². The normalized spacial score (nSPS) is 11.0. The van der Waals surface area contributed by atoms with E-state index >= 15 is 0 Å². The van der Waals surface area contributed by atoms with Crippen LogP contribution in [0.2, 0.25) is 5.02 Å². The van der Waals surface area contributed by atoms with Gasteiger partial charge in [-0.2, -0.15) is 0 Å². The summed E-state index contributed by atoms with van der Waals surface area (Å²) in [5.41, 5.74) is 3.42. The minimum absolute atomic E-state index is 0.188. The van der Waals surface area contributed by atoms with E-state index in [-0.39, 0.29) is 5.91 Å². The van der Waals surface area contributed by atoms with E-state index in [1.165, 1.54) is 16.2 Å². The number of hydrogen-bond acceptors (Lipinski definition) is 5. The first-order valence-corrected chi connectivity index (χ1v) is 10.7. The monoisotopic (exact) mass is 428 g/mol. The number of benzene rings is 1. The number of rotatable bonds is 5. The van der Waals surface area contributed by atoms with Crippen LogP contribution in [0, 0.1) is 13.8 Å². The topological polar surface area (TPSA) is 59.8 Å². The molecule has 0 aliphatic carbocycles. The summed E-state index contributed by atoms with van der Waals surface area (Å²) < 4.78 is 2.15. The molecule has 0 radical (unpaired) electrons. The van der Waals surface area contributed by atoms with Crippen LogP contribution in [0.15, 0.2) is 47.8 Å². The molecular weight excluding hydrogens is 412 g/mol. The molecule has 5 nitrogen and oxygen atoms in total. The summed E-state index contributed by atoms with van der Waals surface area (Å²) >= 11 is 9.23. The molecule has 0 fully saturated rings. The summed E-state index contributed by atoms with van der Waals surface area (Å²) in [7, 11) is 0. The third-order valence-electron chi connectivity index (χ3n) is 4.46. The third kappa shape index (κ3) is 3.73. The number of halogens is 1. The largest absolute Gasteiger partial charge is 0.343 e. The number of carbonyl (C=O) groups excluding carboxylic acids is 1. The summed E-state index contributed by atoms with van der Waals surface area (Å²) in [6, 6.07) is 13.5. The molecule has 1 aromatic carbocycles. The van der Waals surface area contributed by atoms with Crippen molar-refractivity contribution in [3.05, 3.63) is 74.7 Å². The summed E-state index contributed by atoms with van der Waals surface area (Å²) in [6.07, 6.45) is 0. The average Bonchev–Trinajstić information content (AvgIpc) is 3.40. The standard InChI is InChI=1S/C20H17ClN4OS2/c1-12-10-16(13(2)25(12)11-14-6-5-9-27-14)18(26)22-20-24-23-19(28-20)15-7-3-4-8-17(15)21/h3-10H,11H2,1-2H3,(H,22,24,26). The maximum atomic E-state index is 12.8. The molecule has 142 valence electrons. The first-order chi connectivity index (χ1) is 13.5. The second-order valence-electron chi connectivity index (χ2n) is 6.30. The zero-order valence-corrected chi connectivity index (χ0v) is 17.7. The van der Waals surface area contributed by atoms with Crippen LogP contribution < -0.4 is 5.32 Å². The van der Waals surface area contributed by atoms with Crippen LogP contribution >= 0.6 is 34.3 Å². The van der Waals surface area contributed by atoms with E-state index in [0.717, 1.165) is 23.5 Å². The highest BCUT2D eigenvalue weighted by molar-refractivity contribution is 7.18. The van der Waals surface area contributed by atoms with Crippen LogP contribution in [0.5, 0.6) is 0 Å². The van der Waals surface area contributed by atoms with Crippen molar-refractivity contribution in [2.24, 2.45) is 0 Å². The molecule has 0 atom stereocenters. The molecular formula is C20H17ClN4OS2. The minimum Gasteiger partial charge on any atom is -0.343 e. The summed E-state index contributed by atoms with van der Waals surface area (Å²) in [4.78, 5) is 14.1. The van der Waals surface area contributed by atoms with Crippen molar-refractivity contribution >= 4 is 45.3 Å². The average molecular weight is 429 g/mol. The molecule has 0 spiro atoms. The van der Waals surface area contributed by atoms with Crippen LogP contribution in [-0.2, 0) is 6.54 Å². The first kappa shape index (κ1) is 18.9. The molecule has 0 aliphatic heterocycles. The molecule has 0 unspecified atom stereocenters. The van der Waals surface area contributed by atoms with Crippen LogP contribution in [0.25, 0.3) is 10.6 Å². The van der Waals surface area contributed by atoms with Gasteiger partial charge in [0.2, 0.25) is 5.13 Å². The number of amides is 1. The van der Waals surface area contributed by atoms with Gasteiger partial charge in [-0.05, 0) is 37.4 Å². The zero-order valence-electron chi connectivity index (χ0n) is 15.3. The van der Waals surface area contributed by atoms with E-state index in [1.807, 2.05) is 44.2 Å². The Bertz CT molecular complexity index is 1130. The second-order valence-corrected chi connectivity index (χ2v) is 8.71. The molecule has 4 rings (SSSR count). The van der Waals surface area contributed by atoms with Gasteiger partial charge < -0.3 is 4.57 Å². The highest BCUT2D eigenvalue weighted by Crippen LogP contribution is 2.32. The fourth-order valence-electron chi connectivity index (χ4n) is 3.01. The van der Waals surface area contributed by atoms with Gasteiger partial charge in [-0.3, -0.25) is 10.1 Å². The fraction of sp³-hybridized carbons (Fsp3) is 0.150. The van der Waals surface area contributed by atoms with Gasteiger partial charge in [0, 0.05) is 21.8 Å². The van der Waals surface area contributed by atoms with E-state index in [2.05, 4.69) is 31.5 Å². The second kappa shape index (κ2) is 7.87. The molecule has 1 N–H and O–H groups in total. The molecule has 8 heteroatoms. The molecule has 0 bridgehead atoms. The molecule has 3 heterocycles. The lowest BCUT2D eigenvalue weighted by Gasteiger charge is -2.08. The third-order valence-corrected chi connectivity index (χ3v) is 6.52. The Labute approximate surface area is 175 Å². The predicted octanol–water partition coefficient (Wildman–Crippen LogP) is 5.64. The van der Waals surface area contributed by atoms with E-state index in [9.17, 15) is 4.79 Å². The van der Waals surface area contributed by atoms with Crippen molar-refractivity contribution in [2.75, 3.05) is 5.32 Å². The van der Waals surface area contributed by atoms with Crippen molar-refractivity contribution in [1.82, 2.24) is 14.8 Å². The molecule has 0 aliphatic rings. The quantitative estimate of drug-likeness (QED) is 0.447. The Hall–Kier alpha value is -2.48. The molecule has 28 heavy (non-hydrogen) atoms. The summed E-state index contributed by atoms with van der Waals surface area (Å²) in [5.74, 6) is -0.188. The van der Waals surface area contributed by atoms with Crippen molar-refractivity contribution < 1.29 is 4.79 Å². The number of anilines is 1. The fourth-order valence-corrected chi connectivity index (χ4v) is 4.77. The number of thiophene rings is 1.